The molecule has 10 heteroatoms. The van der Waals surface area contributed by atoms with Crippen molar-refractivity contribution >= 4 is 11.8 Å². The number of aliphatic hydroxyl groups is 1. The van der Waals surface area contributed by atoms with Crippen LogP contribution in [0.15, 0.2) is 60.7 Å². The highest BCUT2D eigenvalue weighted by Gasteiger charge is 2.43. The number of amides is 2. The number of nitrogens with two attached hydrogens (primary N) is 1. The molecule has 3 aromatic rings. The largest absolute Gasteiger partial charge is 0.395 e. The highest BCUT2D eigenvalue weighted by molar-refractivity contribution is 5.85. The van der Waals surface area contributed by atoms with Gasteiger partial charge in [-0.25, -0.2) is 0 Å². The van der Waals surface area contributed by atoms with Crippen molar-refractivity contribution in [3.8, 4) is 0 Å². The summed E-state index contributed by atoms with van der Waals surface area (Å²) in [6.07, 6.45) is 1.63. The van der Waals surface area contributed by atoms with Gasteiger partial charge in [0.25, 0.3) is 0 Å². The van der Waals surface area contributed by atoms with Crippen LogP contribution in [0.5, 0.6) is 0 Å². The quantitative estimate of drug-likeness (QED) is 0.277. The monoisotopic (exact) mass is 534 g/mol. The second-order valence-corrected chi connectivity index (χ2v) is 10.7. The summed E-state index contributed by atoms with van der Waals surface area (Å²) in [7, 11) is 0. The molecule has 2 aromatic carbocycles. The van der Waals surface area contributed by atoms with Gasteiger partial charge in [-0.1, -0.05) is 60.7 Å². The van der Waals surface area contributed by atoms with E-state index >= 15 is 0 Å². The molecule has 5 N–H and O–H groups in total. The van der Waals surface area contributed by atoms with Crippen LogP contribution in [0.3, 0.4) is 0 Å². The molecule has 10 nitrogen and oxygen atoms in total. The Kier molecular flexibility index (Phi) is 9.11. The van der Waals surface area contributed by atoms with E-state index in [0.717, 1.165) is 17.0 Å². The maximum atomic E-state index is 13.5. The molecule has 1 aliphatic heterocycles. The summed E-state index contributed by atoms with van der Waals surface area (Å²) in [5.74, 6) is 0.788. The zero-order valence-electron chi connectivity index (χ0n) is 22.6. The lowest BCUT2D eigenvalue weighted by atomic mass is 9.74. The van der Waals surface area contributed by atoms with E-state index in [0.29, 0.717) is 38.2 Å². The van der Waals surface area contributed by atoms with Gasteiger partial charge in [0.1, 0.15) is 11.9 Å². The third-order valence-electron chi connectivity index (χ3n) is 7.01. The van der Waals surface area contributed by atoms with Gasteiger partial charge in [0.05, 0.1) is 30.8 Å². The van der Waals surface area contributed by atoms with Crippen LogP contribution in [0.25, 0.3) is 0 Å². The number of rotatable bonds is 12. The van der Waals surface area contributed by atoms with Crippen molar-refractivity contribution < 1.29 is 19.4 Å². The molecule has 4 rings (SSSR count). The third kappa shape index (κ3) is 7.08. The predicted octanol–water partition coefficient (Wildman–Crippen LogP) is 1.67. The Morgan fingerprint density at radius 3 is 2.41 bits per heavy atom. The van der Waals surface area contributed by atoms with Crippen LogP contribution < -0.4 is 16.4 Å². The molecule has 0 fully saturated rings. The zero-order valence-corrected chi connectivity index (χ0v) is 22.6. The number of aliphatic hydroxyl groups excluding tert-OH is 1. The van der Waals surface area contributed by atoms with E-state index in [1.807, 2.05) is 65.2 Å². The molecule has 0 saturated heterocycles. The summed E-state index contributed by atoms with van der Waals surface area (Å²) in [5.41, 5.74) is 6.24. The minimum absolute atomic E-state index is 0.130. The summed E-state index contributed by atoms with van der Waals surface area (Å²) >= 11 is 0. The molecule has 1 aliphatic rings. The number of benzene rings is 2. The van der Waals surface area contributed by atoms with E-state index in [4.69, 9.17) is 10.5 Å². The van der Waals surface area contributed by atoms with Crippen LogP contribution in [-0.2, 0) is 40.3 Å². The standard InChI is InChI=1S/C29H38N6O4/c1-28(2,30)26(37)32-23(19-39-18-22-11-7-4-8-12-22)25-34-33-24-13-14-29(20-35(24)25,27(38)31-15-16-36)17-21-9-5-3-6-10-21/h3-12,23,36H,13-20,30H2,1-2H3,(H,31,38)(H,32,37)/t23-,29?/m1/s1. The maximum absolute atomic E-state index is 13.5. The fourth-order valence-electron chi connectivity index (χ4n) is 4.84. The fourth-order valence-corrected chi connectivity index (χ4v) is 4.84. The van der Waals surface area contributed by atoms with Gasteiger partial charge in [-0.2, -0.15) is 0 Å². The third-order valence-corrected chi connectivity index (χ3v) is 7.01. The van der Waals surface area contributed by atoms with E-state index < -0.39 is 17.0 Å². The molecular formula is C29H38N6O4. The molecule has 0 saturated carbocycles. The van der Waals surface area contributed by atoms with Crippen LogP contribution in [0.4, 0.5) is 0 Å². The molecule has 208 valence electrons. The average molecular weight is 535 g/mol. The van der Waals surface area contributed by atoms with E-state index in [2.05, 4.69) is 20.8 Å². The van der Waals surface area contributed by atoms with E-state index in [1.165, 1.54) is 0 Å². The van der Waals surface area contributed by atoms with Gasteiger partial charge in [-0.05, 0) is 37.8 Å². The number of fused-ring (bicyclic) bond motifs is 1. The van der Waals surface area contributed by atoms with Crippen molar-refractivity contribution in [2.75, 3.05) is 19.8 Å². The molecule has 1 unspecified atom stereocenters. The Balaban J connectivity index is 1.63. The Labute approximate surface area is 229 Å². The summed E-state index contributed by atoms with van der Waals surface area (Å²) in [6.45, 7) is 4.15. The maximum Gasteiger partial charge on any atom is 0.240 e. The van der Waals surface area contributed by atoms with E-state index in [1.54, 1.807) is 13.8 Å². The van der Waals surface area contributed by atoms with Crippen molar-refractivity contribution in [3.63, 3.8) is 0 Å². The van der Waals surface area contributed by atoms with Crippen LogP contribution in [0, 0.1) is 5.41 Å². The minimum Gasteiger partial charge on any atom is -0.395 e. The summed E-state index contributed by atoms with van der Waals surface area (Å²) in [5, 5.41) is 24.1. The van der Waals surface area contributed by atoms with Gasteiger partial charge in [-0.15, -0.1) is 10.2 Å². The number of hydrogen-bond donors (Lipinski definition) is 4. The van der Waals surface area contributed by atoms with Gasteiger partial charge < -0.3 is 30.8 Å². The van der Waals surface area contributed by atoms with Gasteiger partial charge in [0.15, 0.2) is 5.82 Å². The lowest BCUT2D eigenvalue weighted by Crippen LogP contribution is -2.52. The van der Waals surface area contributed by atoms with Crippen molar-refractivity contribution in [1.82, 2.24) is 25.4 Å². The second-order valence-electron chi connectivity index (χ2n) is 10.7. The van der Waals surface area contributed by atoms with Gasteiger partial charge in [0.2, 0.25) is 11.8 Å². The Morgan fingerprint density at radius 1 is 1.10 bits per heavy atom. The van der Waals surface area contributed by atoms with Gasteiger partial charge in [-0.3, -0.25) is 9.59 Å². The first kappa shape index (κ1) is 28.4. The number of nitrogens with one attached hydrogen (secondary N) is 2. The highest BCUT2D eigenvalue weighted by atomic mass is 16.5. The molecular weight excluding hydrogens is 496 g/mol. The Morgan fingerprint density at radius 2 is 1.77 bits per heavy atom. The lowest BCUT2D eigenvalue weighted by molar-refractivity contribution is -0.133. The molecule has 0 aliphatic carbocycles. The first-order chi connectivity index (χ1) is 18.7. The fraction of sp³-hybridized carbons (Fsp3) is 0.448. The summed E-state index contributed by atoms with van der Waals surface area (Å²) in [4.78, 5) is 26.5. The van der Waals surface area contributed by atoms with Crippen molar-refractivity contribution in [2.24, 2.45) is 11.1 Å². The van der Waals surface area contributed by atoms with E-state index in [-0.39, 0.29) is 31.6 Å². The first-order valence-corrected chi connectivity index (χ1v) is 13.3. The zero-order chi connectivity index (χ0) is 27.9. The van der Waals surface area contributed by atoms with Crippen LogP contribution in [-0.4, -0.2) is 57.0 Å². The number of aromatic nitrogens is 3. The average Bonchev–Trinajstić information content (AvgIpc) is 3.34. The normalized spacial score (nSPS) is 17.7. The number of carbonyl (C=O) groups excluding carboxylic acids is 2. The molecule has 0 bridgehead atoms. The smallest absolute Gasteiger partial charge is 0.240 e. The van der Waals surface area contributed by atoms with Crippen LogP contribution in [0.2, 0.25) is 0 Å². The van der Waals surface area contributed by atoms with Gasteiger partial charge >= 0.3 is 0 Å². The number of aryl methyl sites for hydroxylation is 1. The molecule has 1 aromatic heterocycles. The number of nitrogens with zero attached hydrogens (tertiary/aromatic N) is 3. The molecule has 0 spiro atoms. The van der Waals surface area contributed by atoms with E-state index in [9.17, 15) is 14.7 Å². The minimum atomic E-state index is -1.11. The topological polar surface area (TPSA) is 144 Å². The summed E-state index contributed by atoms with van der Waals surface area (Å²) in [6, 6.07) is 19.0. The number of carbonyl (C=O) groups is 2. The second kappa shape index (κ2) is 12.5. The highest BCUT2D eigenvalue weighted by Crippen LogP contribution is 2.37. The lowest BCUT2D eigenvalue weighted by Gasteiger charge is -2.37. The number of hydrogen-bond acceptors (Lipinski definition) is 7. The molecule has 2 heterocycles. The SMILES string of the molecule is CC(C)(N)C(=O)N[C@H](COCc1ccccc1)c1nnc2n1CC(Cc1ccccc1)(C(=O)NCCO)CC2. The van der Waals surface area contributed by atoms with Crippen molar-refractivity contribution in [1.29, 1.82) is 0 Å². The van der Waals surface area contributed by atoms with Crippen LogP contribution in [0.1, 0.15) is 49.1 Å². The van der Waals surface area contributed by atoms with Crippen molar-refractivity contribution in [2.45, 2.75) is 57.8 Å². The van der Waals surface area contributed by atoms with Gasteiger partial charge in [0, 0.05) is 19.5 Å². The Bertz CT molecular complexity index is 1240. The Hall–Kier alpha value is -3.60. The summed E-state index contributed by atoms with van der Waals surface area (Å²) < 4.78 is 7.95. The predicted molar refractivity (Wildman–Crippen MR) is 146 cm³/mol. The van der Waals surface area contributed by atoms with Crippen LogP contribution >= 0.6 is 0 Å². The van der Waals surface area contributed by atoms with Crippen molar-refractivity contribution in [3.05, 3.63) is 83.4 Å². The first-order valence-electron chi connectivity index (χ1n) is 13.3. The molecule has 39 heavy (non-hydrogen) atoms. The molecule has 2 atom stereocenters. The number of ether oxygens (including phenoxy) is 1. The molecule has 0 radical (unpaired) electrons. The molecule has 2 amide bonds.